The van der Waals surface area contributed by atoms with E-state index in [0.29, 0.717) is 23.6 Å². The third-order valence-corrected chi connectivity index (χ3v) is 3.88. The van der Waals surface area contributed by atoms with Crippen LogP contribution in [0.15, 0.2) is 18.2 Å². The summed E-state index contributed by atoms with van der Waals surface area (Å²) in [4.78, 5) is 11.1. The smallest absolute Gasteiger partial charge is 0.248 e. The molecule has 3 nitrogen and oxygen atoms in total. The van der Waals surface area contributed by atoms with Crippen molar-refractivity contribution in [2.45, 2.75) is 32.7 Å². The summed E-state index contributed by atoms with van der Waals surface area (Å²) in [5.41, 5.74) is 6.05. The van der Waals surface area contributed by atoms with Crippen molar-refractivity contribution in [2.75, 3.05) is 6.54 Å². The third kappa shape index (κ3) is 3.77. The van der Waals surface area contributed by atoms with Gasteiger partial charge < -0.3 is 11.1 Å². The minimum absolute atomic E-state index is 0.294. The number of halogens is 1. The number of carbonyl (C=O) groups excluding carboxylic acids is 1. The van der Waals surface area contributed by atoms with Gasteiger partial charge in [0.1, 0.15) is 5.82 Å². The molecule has 0 aromatic heterocycles. The molecule has 2 unspecified atom stereocenters. The first-order valence-electron chi connectivity index (χ1n) is 6.85. The van der Waals surface area contributed by atoms with Gasteiger partial charge in [0.2, 0.25) is 5.91 Å². The molecule has 0 saturated heterocycles. The molecule has 1 aliphatic rings. The average molecular weight is 264 g/mol. The Labute approximate surface area is 113 Å². The Morgan fingerprint density at radius 1 is 1.47 bits per heavy atom. The first kappa shape index (κ1) is 14.0. The van der Waals surface area contributed by atoms with Gasteiger partial charge in [0, 0.05) is 17.7 Å². The van der Waals surface area contributed by atoms with Crippen LogP contribution >= 0.6 is 0 Å². The Hall–Kier alpha value is -1.42. The second kappa shape index (κ2) is 6.15. The lowest BCUT2D eigenvalue weighted by Gasteiger charge is -2.12. The molecule has 1 aliphatic carbocycles. The van der Waals surface area contributed by atoms with Crippen molar-refractivity contribution in [1.82, 2.24) is 5.32 Å². The SMILES string of the molecule is CC1CCC(CNCc2cc(C(N)=O)ccc2F)C1. The predicted octanol–water partition coefficient (Wildman–Crippen LogP) is 2.45. The molecule has 2 atom stereocenters. The normalized spacial score (nSPS) is 22.6. The second-order valence-electron chi connectivity index (χ2n) is 5.59. The largest absolute Gasteiger partial charge is 0.366 e. The molecule has 19 heavy (non-hydrogen) atoms. The number of nitrogens with two attached hydrogens (primary N) is 1. The Bertz CT molecular complexity index is 461. The van der Waals surface area contributed by atoms with Gasteiger partial charge in [-0.25, -0.2) is 4.39 Å². The molecule has 1 aromatic rings. The van der Waals surface area contributed by atoms with Gasteiger partial charge in [0.25, 0.3) is 0 Å². The molecule has 3 N–H and O–H groups in total. The van der Waals surface area contributed by atoms with Crippen LogP contribution in [-0.2, 0) is 6.54 Å². The molecule has 1 aromatic carbocycles. The minimum atomic E-state index is -0.522. The number of primary amides is 1. The van der Waals surface area contributed by atoms with Crippen LogP contribution in [0.4, 0.5) is 4.39 Å². The number of benzene rings is 1. The van der Waals surface area contributed by atoms with Crippen molar-refractivity contribution in [2.24, 2.45) is 17.6 Å². The molecule has 0 heterocycles. The molecule has 2 rings (SSSR count). The highest BCUT2D eigenvalue weighted by atomic mass is 19.1. The van der Waals surface area contributed by atoms with Gasteiger partial charge in [0.05, 0.1) is 0 Å². The van der Waals surface area contributed by atoms with Crippen molar-refractivity contribution >= 4 is 5.91 Å². The lowest BCUT2D eigenvalue weighted by Crippen LogP contribution is -2.22. The predicted molar refractivity (Wildman–Crippen MR) is 73.1 cm³/mol. The van der Waals surface area contributed by atoms with Crippen molar-refractivity contribution in [3.63, 3.8) is 0 Å². The molecule has 4 heteroatoms. The monoisotopic (exact) mass is 264 g/mol. The van der Waals surface area contributed by atoms with Crippen molar-refractivity contribution in [1.29, 1.82) is 0 Å². The first-order chi connectivity index (χ1) is 9.06. The van der Waals surface area contributed by atoms with Crippen molar-refractivity contribution in [3.8, 4) is 0 Å². The van der Waals surface area contributed by atoms with E-state index in [1.54, 1.807) is 0 Å². The number of hydrogen-bond donors (Lipinski definition) is 2. The summed E-state index contributed by atoms with van der Waals surface area (Å²) >= 11 is 0. The zero-order valence-corrected chi connectivity index (χ0v) is 11.3. The van der Waals surface area contributed by atoms with Gasteiger partial charge in [-0.3, -0.25) is 4.79 Å². The first-order valence-corrected chi connectivity index (χ1v) is 6.85. The molecule has 104 valence electrons. The summed E-state index contributed by atoms with van der Waals surface area (Å²) in [6.45, 7) is 3.62. The van der Waals surface area contributed by atoms with E-state index in [-0.39, 0.29) is 5.82 Å². The Balaban J connectivity index is 1.88. The van der Waals surface area contributed by atoms with Crippen LogP contribution in [0.1, 0.15) is 42.1 Å². The molecule has 0 radical (unpaired) electrons. The summed E-state index contributed by atoms with van der Waals surface area (Å²) < 4.78 is 13.6. The van der Waals surface area contributed by atoms with E-state index in [1.165, 1.54) is 37.5 Å². The lowest BCUT2D eigenvalue weighted by atomic mass is 10.1. The van der Waals surface area contributed by atoms with E-state index in [2.05, 4.69) is 12.2 Å². The highest BCUT2D eigenvalue weighted by Gasteiger charge is 2.20. The maximum absolute atomic E-state index is 13.6. The van der Waals surface area contributed by atoms with E-state index >= 15 is 0 Å². The van der Waals surface area contributed by atoms with Crippen LogP contribution in [0, 0.1) is 17.7 Å². The zero-order valence-electron chi connectivity index (χ0n) is 11.3. The van der Waals surface area contributed by atoms with Gasteiger partial charge >= 0.3 is 0 Å². The number of carbonyl (C=O) groups is 1. The van der Waals surface area contributed by atoms with Crippen LogP contribution in [0.25, 0.3) is 0 Å². The highest BCUT2D eigenvalue weighted by molar-refractivity contribution is 5.92. The van der Waals surface area contributed by atoms with E-state index < -0.39 is 5.91 Å². The fourth-order valence-electron chi connectivity index (χ4n) is 2.78. The van der Waals surface area contributed by atoms with Crippen LogP contribution in [0.5, 0.6) is 0 Å². The van der Waals surface area contributed by atoms with Crippen LogP contribution < -0.4 is 11.1 Å². The molecular weight excluding hydrogens is 243 g/mol. The highest BCUT2D eigenvalue weighted by Crippen LogP contribution is 2.29. The molecular formula is C15H21FN2O. The molecule has 0 bridgehead atoms. The zero-order chi connectivity index (χ0) is 13.8. The summed E-state index contributed by atoms with van der Waals surface area (Å²) in [5.74, 6) is 0.683. The fourth-order valence-corrected chi connectivity index (χ4v) is 2.78. The van der Waals surface area contributed by atoms with Gasteiger partial charge in [0.15, 0.2) is 0 Å². The van der Waals surface area contributed by atoms with Crippen molar-refractivity contribution < 1.29 is 9.18 Å². The van der Waals surface area contributed by atoms with Crippen LogP contribution in [-0.4, -0.2) is 12.5 Å². The summed E-state index contributed by atoms with van der Waals surface area (Å²) in [7, 11) is 0. The summed E-state index contributed by atoms with van der Waals surface area (Å²) in [6, 6.07) is 4.25. The molecule has 0 spiro atoms. The molecule has 1 fully saturated rings. The van der Waals surface area contributed by atoms with Gasteiger partial charge in [-0.2, -0.15) is 0 Å². The van der Waals surface area contributed by atoms with Crippen LogP contribution in [0.2, 0.25) is 0 Å². The van der Waals surface area contributed by atoms with E-state index in [1.807, 2.05) is 0 Å². The Morgan fingerprint density at radius 2 is 2.26 bits per heavy atom. The molecule has 1 amide bonds. The Kier molecular flexibility index (Phi) is 4.53. The number of nitrogens with one attached hydrogen (secondary N) is 1. The van der Waals surface area contributed by atoms with E-state index in [0.717, 1.165) is 12.5 Å². The minimum Gasteiger partial charge on any atom is -0.366 e. The van der Waals surface area contributed by atoms with Gasteiger partial charge in [-0.1, -0.05) is 13.3 Å². The fraction of sp³-hybridized carbons (Fsp3) is 0.533. The average Bonchev–Trinajstić information content (AvgIpc) is 2.77. The van der Waals surface area contributed by atoms with E-state index in [4.69, 9.17) is 5.73 Å². The lowest BCUT2D eigenvalue weighted by molar-refractivity contribution is 0.1000. The number of amides is 1. The van der Waals surface area contributed by atoms with Gasteiger partial charge in [-0.05, 0) is 49.4 Å². The standard InChI is InChI=1S/C15H21FN2O/c1-10-2-3-11(6-10)8-18-9-13-7-12(15(17)19)4-5-14(13)16/h4-5,7,10-11,18H,2-3,6,8-9H2,1H3,(H2,17,19). The third-order valence-electron chi connectivity index (χ3n) is 3.88. The number of hydrogen-bond acceptors (Lipinski definition) is 2. The second-order valence-corrected chi connectivity index (χ2v) is 5.59. The maximum atomic E-state index is 13.6. The van der Waals surface area contributed by atoms with Crippen LogP contribution in [0.3, 0.4) is 0 Å². The Morgan fingerprint density at radius 3 is 2.89 bits per heavy atom. The molecule has 0 aliphatic heterocycles. The van der Waals surface area contributed by atoms with Crippen molar-refractivity contribution in [3.05, 3.63) is 35.1 Å². The summed E-state index contributed by atoms with van der Waals surface area (Å²) in [5, 5.41) is 3.28. The topological polar surface area (TPSA) is 55.1 Å². The quantitative estimate of drug-likeness (QED) is 0.858. The molecule has 1 saturated carbocycles. The number of rotatable bonds is 5. The van der Waals surface area contributed by atoms with Gasteiger partial charge in [-0.15, -0.1) is 0 Å². The summed E-state index contributed by atoms with van der Waals surface area (Å²) in [6.07, 6.45) is 3.78. The van der Waals surface area contributed by atoms with E-state index in [9.17, 15) is 9.18 Å². The maximum Gasteiger partial charge on any atom is 0.248 e.